The lowest BCUT2D eigenvalue weighted by atomic mass is 10.1. The predicted molar refractivity (Wildman–Crippen MR) is 83.4 cm³/mol. The monoisotopic (exact) mass is 332 g/mol. The molecule has 0 amide bonds. The number of benzene rings is 2. The highest BCUT2D eigenvalue weighted by molar-refractivity contribution is 5.88. The van der Waals surface area contributed by atoms with Gasteiger partial charge in [0, 0.05) is 11.1 Å². The molecule has 0 atom stereocenters. The van der Waals surface area contributed by atoms with Crippen LogP contribution in [0.25, 0.3) is 10.9 Å². The molecule has 0 aliphatic rings. The van der Waals surface area contributed by atoms with E-state index in [2.05, 4.69) is 10.3 Å². The SMILES string of the molecule is O=C(O)c1ccc(Nc2ccc3ccc(C(F)(F)F)cc3n2)cc1. The number of carboxylic acid groups (broad SMARTS) is 1. The van der Waals surface area contributed by atoms with Crippen LogP contribution in [0.3, 0.4) is 0 Å². The summed E-state index contributed by atoms with van der Waals surface area (Å²) in [5.41, 5.74) is 0.183. The van der Waals surface area contributed by atoms with E-state index in [-0.39, 0.29) is 11.1 Å². The van der Waals surface area contributed by atoms with Gasteiger partial charge in [0.05, 0.1) is 16.6 Å². The molecule has 0 fully saturated rings. The summed E-state index contributed by atoms with van der Waals surface area (Å²) in [5, 5.41) is 12.4. The number of hydrogen-bond donors (Lipinski definition) is 2. The van der Waals surface area contributed by atoms with Crippen molar-refractivity contribution in [3.63, 3.8) is 0 Å². The third-order valence-corrected chi connectivity index (χ3v) is 3.42. The number of carboxylic acids is 1. The molecule has 3 rings (SSSR count). The minimum absolute atomic E-state index is 0.141. The Bertz CT molecular complexity index is 906. The molecule has 0 saturated carbocycles. The Morgan fingerprint density at radius 1 is 1.00 bits per heavy atom. The molecule has 0 bridgehead atoms. The maximum Gasteiger partial charge on any atom is 0.416 e. The maximum atomic E-state index is 12.8. The standard InChI is InChI=1S/C17H11F3N2O2/c18-17(19,20)12-5-1-10-4-8-15(22-14(10)9-12)21-13-6-2-11(3-7-13)16(23)24/h1-9H,(H,21,22)(H,23,24). The fourth-order valence-electron chi connectivity index (χ4n) is 2.21. The summed E-state index contributed by atoms with van der Waals surface area (Å²) >= 11 is 0. The van der Waals surface area contributed by atoms with Crippen molar-refractivity contribution in [1.29, 1.82) is 0 Å². The van der Waals surface area contributed by atoms with Gasteiger partial charge in [0.1, 0.15) is 5.82 Å². The van der Waals surface area contributed by atoms with Crippen molar-refractivity contribution in [2.75, 3.05) is 5.32 Å². The van der Waals surface area contributed by atoms with E-state index in [1.807, 2.05) is 0 Å². The summed E-state index contributed by atoms with van der Waals surface area (Å²) in [6.07, 6.45) is -4.42. The van der Waals surface area contributed by atoms with Crippen molar-refractivity contribution in [3.05, 3.63) is 65.7 Å². The summed E-state index contributed by atoms with van der Waals surface area (Å²) in [5.74, 6) is -0.671. The van der Waals surface area contributed by atoms with Crippen molar-refractivity contribution in [1.82, 2.24) is 4.98 Å². The van der Waals surface area contributed by atoms with E-state index in [0.29, 0.717) is 16.9 Å². The number of carbonyl (C=O) groups is 1. The van der Waals surface area contributed by atoms with Gasteiger partial charge in [-0.05, 0) is 48.5 Å². The highest BCUT2D eigenvalue weighted by atomic mass is 19.4. The van der Waals surface area contributed by atoms with Gasteiger partial charge in [-0.3, -0.25) is 0 Å². The number of aromatic nitrogens is 1. The second-order valence-corrected chi connectivity index (χ2v) is 5.11. The number of pyridine rings is 1. The van der Waals surface area contributed by atoms with Gasteiger partial charge in [0.2, 0.25) is 0 Å². The molecular formula is C17H11F3N2O2. The molecule has 1 heterocycles. The zero-order valence-electron chi connectivity index (χ0n) is 12.1. The zero-order valence-corrected chi connectivity index (χ0v) is 12.1. The molecule has 3 aromatic rings. The molecule has 0 aliphatic carbocycles. The molecule has 0 unspecified atom stereocenters. The number of aromatic carboxylic acids is 1. The zero-order chi connectivity index (χ0) is 17.3. The molecule has 7 heteroatoms. The van der Waals surface area contributed by atoms with Gasteiger partial charge in [0.15, 0.2) is 0 Å². The number of fused-ring (bicyclic) bond motifs is 1. The number of nitrogens with zero attached hydrogens (tertiary/aromatic N) is 1. The van der Waals surface area contributed by atoms with Crippen LogP contribution in [0.5, 0.6) is 0 Å². The molecule has 0 spiro atoms. The van der Waals surface area contributed by atoms with Gasteiger partial charge in [-0.2, -0.15) is 13.2 Å². The van der Waals surface area contributed by atoms with E-state index < -0.39 is 17.7 Å². The van der Waals surface area contributed by atoms with Crippen LogP contribution in [-0.4, -0.2) is 16.1 Å². The second kappa shape index (κ2) is 5.84. The molecule has 0 radical (unpaired) electrons. The summed E-state index contributed by atoms with van der Waals surface area (Å²) in [4.78, 5) is 15.0. The van der Waals surface area contributed by atoms with Crippen LogP contribution in [0.4, 0.5) is 24.7 Å². The normalized spacial score (nSPS) is 11.5. The van der Waals surface area contributed by atoms with Crippen LogP contribution in [0.15, 0.2) is 54.6 Å². The van der Waals surface area contributed by atoms with Crippen molar-refractivity contribution in [2.24, 2.45) is 0 Å². The fraction of sp³-hybridized carbons (Fsp3) is 0.0588. The van der Waals surface area contributed by atoms with E-state index >= 15 is 0 Å². The lowest BCUT2D eigenvalue weighted by molar-refractivity contribution is -0.137. The van der Waals surface area contributed by atoms with Crippen LogP contribution >= 0.6 is 0 Å². The molecule has 24 heavy (non-hydrogen) atoms. The van der Waals surface area contributed by atoms with Crippen molar-refractivity contribution in [3.8, 4) is 0 Å². The Balaban J connectivity index is 1.90. The Kier molecular flexibility index (Phi) is 3.84. The van der Waals surface area contributed by atoms with Crippen molar-refractivity contribution < 1.29 is 23.1 Å². The van der Waals surface area contributed by atoms with Crippen LogP contribution in [0.2, 0.25) is 0 Å². The summed E-state index contributed by atoms with van der Waals surface area (Å²) in [6.45, 7) is 0. The maximum absolute atomic E-state index is 12.8. The van der Waals surface area contributed by atoms with Crippen LogP contribution in [-0.2, 0) is 6.18 Å². The first-order valence-corrected chi connectivity index (χ1v) is 6.91. The van der Waals surface area contributed by atoms with Gasteiger partial charge < -0.3 is 10.4 Å². The number of hydrogen-bond acceptors (Lipinski definition) is 3. The average Bonchev–Trinajstić information content (AvgIpc) is 2.54. The van der Waals surface area contributed by atoms with Gasteiger partial charge in [-0.25, -0.2) is 9.78 Å². The van der Waals surface area contributed by atoms with Gasteiger partial charge in [-0.1, -0.05) is 6.07 Å². The number of anilines is 2. The average molecular weight is 332 g/mol. The highest BCUT2D eigenvalue weighted by Gasteiger charge is 2.30. The van der Waals surface area contributed by atoms with Crippen LogP contribution in [0, 0.1) is 0 Å². The second-order valence-electron chi connectivity index (χ2n) is 5.11. The van der Waals surface area contributed by atoms with Gasteiger partial charge in [-0.15, -0.1) is 0 Å². The van der Waals surface area contributed by atoms with Crippen molar-refractivity contribution >= 4 is 28.4 Å². The Morgan fingerprint density at radius 2 is 1.67 bits per heavy atom. The van der Waals surface area contributed by atoms with Gasteiger partial charge in [0.25, 0.3) is 0 Å². The van der Waals surface area contributed by atoms with E-state index in [0.717, 1.165) is 12.1 Å². The number of nitrogens with one attached hydrogen (secondary N) is 1. The molecular weight excluding hydrogens is 321 g/mol. The number of halogens is 3. The summed E-state index contributed by atoms with van der Waals surface area (Å²) in [7, 11) is 0. The Labute approximate surface area is 134 Å². The van der Waals surface area contributed by atoms with Crippen LogP contribution < -0.4 is 5.32 Å². The summed E-state index contributed by atoms with van der Waals surface area (Å²) < 4.78 is 38.3. The van der Waals surface area contributed by atoms with Crippen molar-refractivity contribution in [2.45, 2.75) is 6.18 Å². The molecule has 0 aliphatic heterocycles. The fourth-order valence-corrected chi connectivity index (χ4v) is 2.21. The largest absolute Gasteiger partial charge is 0.478 e. The lowest BCUT2D eigenvalue weighted by Crippen LogP contribution is -2.04. The molecule has 2 aromatic carbocycles. The van der Waals surface area contributed by atoms with Crippen LogP contribution in [0.1, 0.15) is 15.9 Å². The topological polar surface area (TPSA) is 62.2 Å². The lowest BCUT2D eigenvalue weighted by Gasteiger charge is -2.09. The summed E-state index contributed by atoms with van der Waals surface area (Å²) in [6, 6.07) is 12.6. The minimum atomic E-state index is -4.42. The molecule has 1 aromatic heterocycles. The molecule has 0 saturated heterocycles. The van der Waals surface area contributed by atoms with E-state index in [1.54, 1.807) is 24.3 Å². The minimum Gasteiger partial charge on any atom is -0.478 e. The Hall–Kier alpha value is -3.09. The third-order valence-electron chi connectivity index (χ3n) is 3.42. The molecule has 4 nitrogen and oxygen atoms in total. The smallest absolute Gasteiger partial charge is 0.416 e. The first-order chi connectivity index (χ1) is 11.3. The number of alkyl halides is 3. The predicted octanol–water partition coefficient (Wildman–Crippen LogP) is 4.70. The van der Waals surface area contributed by atoms with E-state index in [9.17, 15) is 18.0 Å². The van der Waals surface area contributed by atoms with E-state index in [4.69, 9.17) is 5.11 Å². The first kappa shape index (κ1) is 15.8. The first-order valence-electron chi connectivity index (χ1n) is 6.91. The number of rotatable bonds is 3. The van der Waals surface area contributed by atoms with E-state index in [1.165, 1.54) is 18.2 Å². The van der Waals surface area contributed by atoms with Gasteiger partial charge >= 0.3 is 12.1 Å². The highest BCUT2D eigenvalue weighted by Crippen LogP contribution is 2.31. The molecule has 122 valence electrons. The third kappa shape index (κ3) is 3.29. The molecule has 2 N–H and O–H groups in total. The Morgan fingerprint density at radius 3 is 2.29 bits per heavy atom. The quantitative estimate of drug-likeness (QED) is 0.730.